The highest BCUT2D eigenvalue weighted by Gasteiger charge is 2.31. The molecule has 3 rings (SSSR count). The number of benzene rings is 2. The molecule has 3 amide bonds. The lowest BCUT2D eigenvalue weighted by Crippen LogP contribution is -2.45. The van der Waals surface area contributed by atoms with E-state index in [0.717, 1.165) is 0 Å². The number of para-hydroxylation sites is 1. The highest BCUT2D eigenvalue weighted by atomic mass is 16.5. The molecule has 2 aromatic rings. The van der Waals surface area contributed by atoms with Crippen LogP contribution in [0.2, 0.25) is 0 Å². The van der Waals surface area contributed by atoms with Crippen LogP contribution in [0.5, 0.6) is 11.5 Å². The average Bonchev–Trinajstić information content (AvgIpc) is 2.68. The van der Waals surface area contributed by atoms with Crippen LogP contribution in [-0.2, 0) is 4.79 Å². The van der Waals surface area contributed by atoms with E-state index in [4.69, 9.17) is 9.47 Å². The molecule has 0 unspecified atom stereocenters. The molecule has 146 valence electrons. The Balaban J connectivity index is 1.96. The lowest BCUT2D eigenvalue weighted by atomic mass is 9.94. The van der Waals surface area contributed by atoms with Gasteiger partial charge in [0.05, 0.1) is 25.3 Å². The molecular weight excluding hydrogens is 358 g/mol. The molecule has 0 aromatic heterocycles. The first kappa shape index (κ1) is 19.3. The van der Waals surface area contributed by atoms with Crippen LogP contribution in [0.15, 0.2) is 59.8 Å². The minimum Gasteiger partial charge on any atom is -0.493 e. The van der Waals surface area contributed by atoms with Crippen LogP contribution >= 0.6 is 0 Å². The van der Waals surface area contributed by atoms with Crippen molar-refractivity contribution in [2.75, 3.05) is 19.0 Å². The number of rotatable bonds is 6. The minimum absolute atomic E-state index is 0.297. The van der Waals surface area contributed by atoms with E-state index in [2.05, 4.69) is 16.0 Å². The van der Waals surface area contributed by atoms with Crippen LogP contribution in [0.3, 0.4) is 0 Å². The largest absolute Gasteiger partial charge is 0.493 e. The molecule has 0 saturated heterocycles. The van der Waals surface area contributed by atoms with Gasteiger partial charge in [0.1, 0.15) is 0 Å². The zero-order chi connectivity index (χ0) is 20.1. The second-order valence-corrected chi connectivity index (χ2v) is 6.23. The Kier molecular flexibility index (Phi) is 5.84. The van der Waals surface area contributed by atoms with Gasteiger partial charge in [-0.15, -0.1) is 0 Å². The Morgan fingerprint density at radius 2 is 1.89 bits per heavy atom. The van der Waals surface area contributed by atoms with Gasteiger partial charge >= 0.3 is 6.03 Å². The number of allylic oxidation sites excluding steroid dienone is 1. The second kappa shape index (κ2) is 8.47. The summed E-state index contributed by atoms with van der Waals surface area (Å²) in [6, 6.07) is 13.5. The fourth-order valence-electron chi connectivity index (χ4n) is 3.10. The third kappa shape index (κ3) is 4.09. The van der Waals surface area contributed by atoms with Crippen LogP contribution in [0.1, 0.15) is 25.5 Å². The van der Waals surface area contributed by atoms with Gasteiger partial charge in [-0.05, 0) is 43.7 Å². The molecule has 28 heavy (non-hydrogen) atoms. The van der Waals surface area contributed by atoms with Crippen LogP contribution < -0.4 is 25.4 Å². The fraction of sp³-hybridized carbons (Fsp3) is 0.238. The predicted molar refractivity (Wildman–Crippen MR) is 106 cm³/mol. The molecule has 0 saturated carbocycles. The number of methoxy groups -OCH3 is 1. The summed E-state index contributed by atoms with van der Waals surface area (Å²) in [6.45, 7) is 4.10. The molecule has 0 radical (unpaired) electrons. The smallest absolute Gasteiger partial charge is 0.319 e. The van der Waals surface area contributed by atoms with Gasteiger partial charge in [0.25, 0.3) is 5.91 Å². The number of nitrogens with one attached hydrogen (secondary N) is 3. The molecule has 0 aliphatic carbocycles. The molecule has 1 aliphatic rings. The van der Waals surface area contributed by atoms with Crippen LogP contribution in [0, 0.1) is 0 Å². The topological polar surface area (TPSA) is 88.7 Å². The van der Waals surface area contributed by atoms with E-state index < -0.39 is 6.04 Å². The van der Waals surface area contributed by atoms with Gasteiger partial charge in [-0.3, -0.25) is 4.79 Å². The van der Waals surface area contributed by atoms with E-state index in [0.29, 0.717) is 40.6 Å². The first-order valence-corrected chi connectivity index (χ1v) is 8.99. The summed E-state index contributed by atoms with van der Waals surface area (Å²) >= 11 is 0. The van der Waals surface area contributed by atoms with Crippen molar-refractivity contribution >= 4 is 17.6 Å². The number of urea groups is 1. The number of ether oxygens (including phenoxy) is 2. The van der Waals surface area contributed by atoms with E-state index in [1.807, 2.05) is 31.2 Å². The Morgan fingerprint density at radius 3 is 2.57 bits per heavy atom. The second-order valence-electron chi connectivity index (χ2n) is 6.23. The summed E-state index contributed by atoms with van der Waals surface area (Å²) in [5.41, 5.74) is 2.31. The van der Waals surface area contributed by atoms with Crippen molar-refractivity contribution in [1.29, 1.82) is 0 Å². The molecule has 7 heteroatoms. The lowest BCUT2D eigenvalue weighted by molar-refractivity contribution is -0.113. The summed E-state index contributed by atoms with van der Waals surface area (Å²) < 4.78 is 11.0. The summed E-state index contributed by atoms with van der Waals surface area (Å²) in [6.07, 6.45) is 0. The van der Waals surface area contributed by atoms with Crippen molar-refractivity contribution in [3.8, 4) is 11.5 Å². The zero-order valence-electron chi connectivity index (χ0n) is 16.0. The van der Waals surface area contributed by atoms with Gasteiger partial charge in [-0.2, -0.15) is 0 Å². The predicted octanol–water partition coefficient (Wildman–Crippen LogP) is 3.36. The maximum atomic E-state index is 13.0. The molecule has 2 aromatic carbocycles. The fourth-order valence-corrected chi connectivity index (χ4v) is 3.10. The number of amides is 3. The molecule has 0 spiro atoms. The number of carbonyl (C=O) groups excluding carboxylic acids is 2. The molecule has 0 fully saturated rings. The Labute approximate surface area is 163 Å². The lowest BCUT2D eigenvalue weighted by Gasteiger charge is -2.29. The van der Waals surface area contributed by atoms with Crippen molar-refractivity contribution in [3.63, 3.8) is 0 Å². The summed E-state index contributed by atoms with van der Waals surface area (Å²) in [7, 11) is 1.55. The minimum atomic E-state index is -0.623. The quantitative estimate of drug-likeness (QED) is 0.716. The van der Waals surface area contributed by atoms with Gasteiger partial charge in [-0.1, -0.05) is 24.3 Å². The van der Waals surface area contributed by atoms with Gasteiger partial charge in [0.15, 0.2) is 11.5 Å². The average molecular weight is 381 g/mol. The number of hydrogen-bond acceptors (Lipinski definition) is 4. The van der Waals surface area contributed by atoms with E-state index in [1.165, 1.54) is 0 Å². The first-order chi connectivity index (χ1) is 13.5. The Hall–Kier alpha value is -3.48. The monoisotopic (exact) mass is 381 g/mol. The molecule has 7 nitrogen and oxygen atoms in total. The maximum Gasteiger partial charge on any atom is 0.319 e. The molecule has 0 bridgehead atoms. The number of anilines is 1. The maximum absolute atomic E-state index is 13.0. The van der Waals surface area contributed by atoms with Gasteiger partial charge in [-0.25, -0.2) is 4.79 Å². The first-order valence-electron chi connectivity index (χ1n) is 8.99. The highest BCUT2D eigenvalue weighted by molar-refractivity contribution is 6.06. The number of carbonyl (C=O) groups is 2. The van der Waals surface area contributed by atoms with Gasteiger partial charge < -0.3 is 25.4 Å². The van der Waals surface area contributed by atoms with E-state index in [-0.39, 0.29) is 11.9 Å². The SMILES string of the molecule is CCOc1ccc([C@H]2NC(=O)NC(C)=C2C(=O)Nc2ccccc2)cc1OC. The summed E-state index contributed by atoms with van der Waals surface area (Å²) in [5.74, 6) is 0.839. The third-order valence-electron chi connectivity index (χ3n) is 4.37. The molecule has 1 heterocycles. The van der Waals surface area contributed by atoms with Crippen molar-refractivity contribution < 1.29 is 19.1 Å². The normalized spacial score (nSPS) is 16.1. The third-order valence-corrected chi connectivity index (χ3v) is 4.37. The van der Waals surface area contributed by atoms with Gasteiger partial charge in [0.2, 0.25) is 0 Å². The van der Waals surface area contributed by atoms with Crippen LogP contribution in [0.4, 0.5) is 10.5 Å². The van der Waals surface area contributed by atoms with Crippen molar-refractivity contribution in [2.24, 2.45) is 0 Å². The zero-order valence-corrected chi connectivity index (χ0v) is 16.0. The Morgan fingerprint density at radius 1 is 1.14 bits per heavy atom. The Bertz CT molecular complexity index is 909. The summed E-state index contributed by atoms with van der Waals surface area (Å²) in [5, 5.41) is 8.36. The molecule has 3 N–H and O–H groups in total. The highest BCUT2D eigenvalue weighted by Crippen LogP contribution is 2.34. The van der Waals surface area contributed by atoms with Crippen LogP contribution in [-0.4, -0.2) is 25.7 Å². The molecule has 1 aliphatic heterocycles. The van der Waals surface area contributed by atoms with Crippen molar-refractivity contribution in [1.82, 2.24) is 10.6 Å². The molecular formula is C21H23N3O4. The molecule has 1 atom stereocenters. The van der Waals surface area contributed by atoms with Crippen LogP contribution in [0.25, 0.3) is 0 Å². The van der Waals surface area contributed by atoms with Crippen molar-refractivity contribution in [3.05, 3.63) is 65.4 Å². The van der Waals surface area contributed by atoms with E-state index in [9.17, 15) is 9.59 Å². The summed E-state index contributed by atoms with van der Waals surface area (Å²) in [4.78, 5) is 25.0. The van der Waals surface area contributed by atoms with E-state index >= 15 is 0 Å². The van der Waals surface area contributed by atoms with Gasteiger partial charge in [0, 0.05) is 11.4 Å². The van der Waals surface area contributed by atoms with Crippen molar-refractivity contribution in [2.45, 2.75) is 19.9 Å². The standard InChI is InChI=1S/C21H23N3O4/c1-4-28-16-11-10-14(12-17(16)27-3)19-18(13(2)22-21(26)24-19)20(25)23-15-8-6-5-7-9-15/h5-12,19H,4H2,1-3H3,(H,23,25)(H2,22,24,26)/t19-/m1/s1. The van der Waals surface area contributed by atoms with E-state index in [1.54, 1.807) is 38.3 Å². The number of hydrogen-bond donors (Lipinski definition) is 3.